The summed E-state index contributed by atoms with van der Waals surface area (Å²) in [4.78, 5) is 16.8. The van der Waals surface area contributed by atoms with Crippen molar-refractivity contribution in [1.82, 2.24) is 4.72 Å². The van der Waals surface area contributed by atoms with Crippen LogP contribution in [0.25, 0.3) is 10.8 Å². The van der Waals surface area contributed by atoms with Crippen LogP contribution in [0.5, 0.6) is 0 Å². The molecule has 1 aliphatic rings. The number of nitrogens with one attached hydrogen (secondary N) is 2. The summed E-state index contributed by atoms with van der Waals surface area (Å²) in [5.74, 6) is 0.277. The van der Waals surface area contributed by atoms with E-state index in [4.69, 9.17) is 0 Å². The first-order valence-corrected chi connectivity index (χ1v) is 10.9. The molecule has 0 saturated carbocycles. The van der Waals surface area contributed by atoms with E-state index in [1.165, 1.54) is 12.1 Å². The first kappa shape index (κ1) is 19.1. The normalized spacial score (nSPS) is 13.9. The van der Waals surface area contributed by atoms with Crippen LogP contribution in [-0.2, 0) is 21.2 Å². The fourth-order valence-electron chi connectivity index (χ4n) is 3.40. The molecule has 0 aliphatic carbocycles. The standard InChI is InChI=1S/C22H21N3O3S/c26-22(14-17-8-3-7-16-6-1-2-11-20(16)17)24-18-9-4-10-19(15-18)29(27,28)25-21-12-5-13-23-21/h1-4,6-11,15H,5,12-14H2,(H,23,25)(H,24,26). The topological polar surface area (TPSA) is 87.6 Å². The molecule has 0 atom stereocenters. The second-order valence-corrected chi connectivity index (χ2v) is 8.61. The van der Waals surface area contributed by atoms with Gasteiger partial charge in [-0.2, -0.15) is 0 Å². The van der Waals surface area contributed by atoms with E-state index in [0.717, 1.165) is 22.8 Å². The molecule has 0 fully saturated rings. The van der Waals surface area contributed by atoms with E-state index < -0.39 is 10.0 Å². The Hall–Kier alpha value is -3.19. The van der Waals surface area contributed by atoms with Crippen molar-refractivity contribution in [2.75, 3.05) is 11.9 Å². The van der Waals surface area contributed by atoms with Crippen LogP contribution in [0.4, 0.5) is 5.69 Å². The maximum atomic E-state index is 12.6. The molecule has 1 heterocycles. The first-order valence-electron chi connectivity index (χ1n) is 9.44. The maximum Gasteiger partial charge on any atom is 0.262 e. The third-order valence-corrected chi connectivity index (χ3v) is 6.16. The Labute approximate surface area is 169 Å². The number of sulfonamides is 1. The maximum absolute atomic E-state index is 12.6. The molecule has 4 rings (SSSR count). The Balaban J connectivity index is 1.49. The first-order chi connectivity index (χ1) is 14.0. The highest BCUT2D eigenvalue weighted by Gasteiger charge is 2.19. The van der Waals surface area contributed by atoms with E-state index >= 15 is 0 Å². The molecule has 0 saturated heterocycles. The minimum Gasteiger partial charge on any atom is -0.326 e. The van der Waals surface area contributed by atoms with Gasteiger partial charge in [-0.3, -0.25) is 14.5 Å². The summed E-state index contributed by atoms with van der Waals surface area (Å²) in [5.41, 5.74) is 1.36. The van der Waals surface area contributed by atoms with Crippen LogP contribution in [0.15, 0.2) is 76.6 Å². The highest BCUT2D eigenvalue weighted by molar-refractivity contribution is 7.90. The van der Waals surface area contributed by atoms with Gasteiger partial charge in [-0.25, -0.2) is 8.42 Å². The molecule has 1 amide bonds. The lowest BCUT2D eigenvalue weighted by atomic mass is 10.0. The smallest absolute Gasteiger partial charge is 0.262 e. The third-order valence-electron chi connectivity index (χ3n) is 4.79. The summed E-state index contributed by atoms with van der Waals surface area (Å²) in [5, 5.41) is 4.91. The van der Waals surface area contributed by atoms with Crippen molar-refractivity contribution in [3.05, 3.63) is 72.3 Å². The van der Waals surface area contributed by atoms with Crippen molar-refractivity contribution in [1.29, 1.82) is 0 Å². The van der Waals surface area contributed by atoms with Gasteiger partial charge in [0.15, 0.2) is 0 Å². The van der Waals surface area contributed by atoms with Crippen LogP contribution in [0, 0.1) is 0 Å². The Morgan fingerprint density at radius 3 is 2.62 bits per heavy atom. The summed E-state index contributed by atoms with van der Waals surface area (Å²) in [6, 6.07) is 20.0. The minimum absolute atomic E-state index is 0.0926. The number of amides is 1. The molecule has 29 heavy (non-hydrogen) atoms. The number of benzene rings is 3. The van der Waals surface area contributed by atoms with E-state index in [0.29, 0.717) is 24.5 Å². The van der Waals surface area contributed by atoms with Gasteiger partial charge in [0.05, 0.1) is 11.3 Å². The van der Waals surface area contributed by atoms with Crippen molar-refractivity contribution in [3.63, 3.8) is 0 Å². The lowest BCUT2D eigenvalue weighted by Crippen LogP contribution is -2.29. The molecule has 0 aromatic heterocycles. The molecule has 0 radical (unpaired) electrons. The van der Waals surface area contributed by atoms with Crippen LogP contribution in [0.3, 0.4) is 0 Å². The van der Waals surface area contributed by atoms with E-state index in [2.05, 4.69) is 15.0 Å². The average molecular weight is 407 g/mol. The summed E-state index contributed by atoms with van der Waals surface area (Å²) in [6.45, 7) is 0.641. The zero-order valence-corrected chi connectivity index (χ0v) is 16.6. The Kier molecular flexibility index (Phi) is 5.31. The molecule has 148 valence electrons. The molecule has 0 unspecified atom stereocenters. The van der Waals surface area contributed by atoms with Crippen molar-refractivity contribution in [2.45, 2.75) is 24.2 Å². The average Bonchev–Trinajstić information content (AvgIpc) is 3.21. The monoisotopic (exact) mass is 407 g/mol. The molecule has 2 N–H and O–H groups in total. The highest BCUT2D eigenvalue weighted by atomic mass is 32.2. The zero-order valence-electron chi connectivity index (χ0n) is 15.8. The zero-order chi connectivity index (χ0) is 20.3. The van der Waals surface area contributed by atoms with Crippen molar-refractivity contribution >= 4 is 38.2 Å². The fourth-order valence-corrected chi connectivity index (χ4v) is 4.54. The Bertz CT molecular complexity index is 1200. The van der Waals surface area contributed by atoms with Crippen LogP contribution in [0.1, 0.15) is 18.4 Å². The number of nitrogens with zero attached hydrogens (tertiary/aromatic N) is 1. The highest BCUT2D eigenvalue weighted by Crippen LogP contribution is 2.20. The minimum atomic E-state index is -3.72. The number of anilines is 1. The Morgan fingerprint density at radius 1 is 1.00 bits per heavy atom. The molecule has 0 spiro atoms. The predicted molar refractivity (Wildman–Crippen MR) is 115 cm³/mol. The molecule has 1 aliphatic heterocycles. The van der Waals surface area contributed by atoms with Crippen LogP contribution < -0.4 is 10.0 Å². The molecular weight excluding hydrogens is 386 g/mol. The van der Waals surface area contributed by atoms with Crippen LogP contribution in [0.2, 0.25) is 0 Å². The van der Waals surface area contributed by atoms with Gasteiger partial charge in [-0.15, -0.1) is 0 Å². The molecule has 6 nitrogen and oxygen atoms in total. The number of fused-ring (bicyclic) bond motifs is 1. The molecule has 3 aromatic carbocycles. The lowest BCUT2D eigenvalue weighted by molar-refractivity contribution is -0.115. The number of carbonyl (C=O) groups excluding carboxylic acids is 1. The summed E-state index contributed by atoms with van der Waals surface area (Å²) in [7, 11) is -3.72. The van der Waals surface area contributed by atoms with E-state index in [1.807, 2.05) is 42.5 Å². The fraction of sp³-hybridized carbons (Fsp3) is 0.182. The summed E-state index contributed by atoms with van der Waals surface area (Å²) < 4.78 is 27.6. The second-order valence-electron chi connectivity index (χ2n) is 6.93. The second kappa shape index (κ2) is 8.05. The van der Waals surface area contributed by atoms with Gasteiger partial charge in [0, 0.05) is 18.7 Å². The Morgan fingerprint density at radius 2 is 1.79 bits per heavy atom. The van der Waals surface area contributed by atoms with Crippen molar-refractivity contribution < 1.29 is 13.2 Å². The molecule has 7 heteroatoms. The SMILES string of the molecule is O=C(Cc1cccc2ccccc12)Nc1cccc(S(=O)(=O)NC2=NCCC2)c1. The number of carbonyl (C=O) groups is 1. The van der Waals surface area contributed by atoms with E-state index in [-0.39, 0.29) is 17.2 Å². The van der Waals surface area contributed by atoms with Gasteiger partial charge in [-0.1, -0.05) is 48.5 Å². The summed E-state index contributed by atoms with van der Waals surface area (Å²) in [6.07, 6.45) is 1.68. The van der Waals surface area contributed by atoms with Gasteiger partial charge in [0.25, 0.3) is 10.0 Å². The van der Waals surface area contributed by atoms with Crippen molar-refractivity contribution in [3.8, 4) is 0 Å². The van der Waals surface area contributed by atoms with E-state index in [9.17, 15) is 13.2 Å². The molecule has 0 bridgehead atoms. The van der Waals surface area contributed by atoms with Gasteiger partial charge in [-0.05, 0) is 41.0 Å². The largest absolute Gasteiger partial charge is 0.326 e. The van der Waals surface area contributed by atoms with Gasteiger partial charge >= 0.3 is 0 Å². The van der Waals surface area contributed by atoms with Gasteiger partial charge in [0.2, 0.25) is 5.91 Å². The van der Waals surface area contributed by atoms with Crippen molar-refractivity contribution in [2.24, 2.45) is 4.99 Å². The predicted octanol–water partition coefficient (Wildman–Crippen LogP) is 3.49. The molecular formula is C22H21N3O3S. The number of hydrogen-bond acceptors (Lipinski definition) is 4. The molecule has 3 aromatic rings. The quantitative estimate of drug-likeness (QED) is 0.679. The third kappa shape index (κ3) is 4.46. The summed E-state index contributed by atoms with van der Waals surface area (Å²) >= 11 is 0. The number of amidine groups is 1. The number of rotatable bonds is 5. The number of aliphatic imine (C=N–C) groups is 1. The van der Waals surface area contributed by atoms with Crippen LogP contribution >= 0.6 is 0 Å². The van der Waals surface area contributed by atoms with Gasteiger partial charge in [0.1, 0.15) is 5.84 Å². The van der Waals surface area contributed by atoms with Crippen LogP contribution in [-0.4, -0.2) is 26.7 Å². The number of hydrogen-bond donors (Lipinski definition) is 2. The van der Waals surface area contributed by atoms with Gasteiger partial charge < -0.3 is 5.32 Å². The lowest BCUT2D eigenvalue weighted by Gasteiger charge is -2.11. The van der Waals surface area contributed by atoms with E-state index in [1.54, 1.807) is 12.1 Å².